The average molecular weight is 527 g/mol. The number of carbonyl (C=O) groups excluding carboxylic acids is 1. The predicted octanol–water partition coefficient (Wildman–Crippen LogP) is 10.7. The van der Waals surface area contributed by atoms with Gasteiger partial charge >= 0.3 is 5.97 Å². The summed E-state index contributed by atoms with van der Waals surface area (Å²) in [6, 6.07) is 0. The molecule has 0 radical (unpaired) electrons. The zero-order valence-electron chi connectivity index (χ0n) is 26.2. The zero-order chi connectivity index (χ0) is 27.3. The van der Waals surface area contributed by atoms with Crippen LogP contribution >= 0.6 is 0 Å². The minimum Gasteiger partial charge on any atom is -0.462 e. The number of unbranched alkanes of at least 4 members (excludes halogenated alkanes) is 5. The van der Waals surface area contributed by atoms with Gasteiger partial charge in [-0.2, -0.15) is 0 Å². The average Bonchev–Trinajstić information content (AvgIpc) is 3.23. The maximum atomic E-state index is 12.6. The molecule has 8 atom stereocenters. The molecule has 0 aromatic carbocycles. The Kier molecular flexibility index (Phi) is 10.5. The van der Waals surface area contributed by atoms with E-state index in [1.165, 1.54) is 89.9 Å². The maximum Gasteiger partial charge on any atom is 0.306 e. The molecule has 38 heavy (non-hydrogen) atoms. The van der Waals surface area contributed by atoms with Crippen LogP contribution in [0.4, 0.5) is 0 Å². The van der Waals surface area contributed by atoms with Gasteiger partial charge in [-0.3, -0.25) is 4.79 Å². The van der Waals surface area contributed by atoms with E-state index in [1.807, 2.05) is 0 Å². The Hall–Kier alpha value is -0.790. The lowest BCUT2D eigenvalue weighted by molar-refractivity contribution is -0.151. The highest BCUT2D eigenvalue weighted by atomic mass is 16.5. The van der Waals surface area contributed by atoms with Gasteiger partial charge in [-0.15, -0.1) is 0 Å². The standard InChI is InChI=1S/C36H62O2/c1-7-8-9-10-11-12-16-34(37)38-29-21-23-35(5)28(25-29)17-18-30-32-20-19-31(27(4)15-13-14-26(2)3)36(32,6)24-22-33(30)35/h17,26-27,29-33H,7-16,18-25H2,1-6H3/t27-,29?,30+,31-,32+,33+,35+,36-/m1/s1. The fraction of sp³-hybridized carbons (Fsp3) is 0.917. The third-order valence-electron chi connectivity index (χ3n) is 12.3. The molecular weight excluding hydrogens is 464 g/mol. The van der Waals surface area contributed by atoms with Crippen molar-refractivity contribution in [1.82, 2.24) is 0 Å². The van der Waals surface area contributed by atoms with E-state index < -0.39 is 0 Å². The number of ether oxygens (including phenoxy) is 1. The predicted molar refractivity (Wildman–Crippen MR) is 161 cm³/mol. The fourth-order valence-electron chi connectivity index (χ4n) is 10.0. The van der Waals surface area contributed by atoms with E-state index in [1.54, 1.807) is 5.57 Å². The van der Waals surface area contributed by atoms with Gasteiger partial charge in [0, 0.05) is 12.8 Å². The lowest BCUT2D eigenvalue weighted by atomic mass is 9.47. The van der Waals surface area contributed by atoms with Crippen LogP contribution in [0, 0.1) is 46.3 Å². The first-order valence-corrected chi connectivity index (χ1v) is 17.1. The third-order valence-corrected chi connectivity index (χ3v) is 12.3. The van der Waals surface area contributed by atoms with Crippen molar-refractivity contribution in [3.8, 4) is 0 Å². The first-order chi connectivity index (χ1) is 18.2. The molecule has 0 bridgehead atoms. The molecule has 3 saturated carbocycles. The van der Waals surface area contributed by atoms with Crippen LogP contribution in [0.2, 0.25) is 0 Å². The lowest BCUT2D eigenvalue weighted by Gasteiger charge is -2.58. The molecule has 4 aliphatic rings. The van der Waals surface area contributed by atoms with Crippen molar-refractivity contribution >= 4 is 5.97 Å². The van der Waals surface area contributed by atoms with E-state index in [-0.39, 0.29) is 12.1 Å². The van der Waals surface area contributed by atoms with Crippen molar-refractivity contribution < 1.29 is 9.53 Å². The van der Waals surface area contributed by atoms with Crippen LogP contribution in [-0.2, 0) is 9.53 Å². The van der Waals surface area contributed by atoms with Gasteiger partial charge < -0.3 is 4.74 Å². The molecular formula is C36H62O2. The summed E-state index contributed by atoms with van der Waals surface area (Å²) < 4.78 is 6.04. The number of allylic oxidation sites excluding steroid dienone is 1. The van der Waals surface area contributed by atoms with Crippen molar-refractivity contribution in [2.24, 2.45) is 46.3 Å². The second-order valence-electron chi connectivity index (χ2n) is 15.2. The summed E-state index contributed by atoms with van der Waals surface area (Å²) in [4.78, 5) is 12.6. The van der Waals surface area contributed by atoms with Crippen LogP contribution in [0.5, 0.6) is 0 Å². The van der Waals surface area contributed by atoms with Gasteiger partial charge in [-0.05, 0) is 97.7 Å². The number of esters is 1. The van der Waals surface area contributed by atoms with Crippen molar-refractivity contribution in [3.63, 3.8) is 0 Å². The molecule has 0 spiro atoms. The highest BCUT2D eigenvalue weighted by Gasteiger charge is 2.59. The molecule has 0 aromatic heterocycles. The summed E-state index contributed by atoms with van der Waals surface area (Å²) in [5.74, 6) is 5.34. The monoisotopic (exact) mass is 526 g/mol. The quantitative estimate of drug-likeness (QED) is 0.135. The number of carbonyl (C=O) groups is 1. The topological polar surface area (TPSA) is 26.3 Å². The molecule has 0 saturated heterocycles. The van der Waals surface area contributed by atoms with Gasteiger partial charge in [0.15, 0.2) is 0 Å². The summed E-state index contributed by atoms with van der Waals surface area (Å²) in [6.45, 7) is 14.9. The molecule has 0 aliphatic heterocycles. The van der Waals surface area contributed by atoms with E-state index in [0.717, 1.165) is 54.8 Å². The lowest BCUT2D eigenvalue weighted by Crippen LogP contribution is -2.51. The molecule has 0 amide bonds. The summed E-state index contributed by atoms with van der Waals surface area (Å²) in [7, 11) is 0. The molecule has 3 fully saturated rings. The van der Waals surface area contributed by atoms with Crippen LogP contribution in [-0.4, -0.2) is 12.1 Å². The van der Waals surface area contributed by atoms with Crippen LogP contribution in [0.25, 0.3) is 0 Å². The molecule has 2 nitrogen and oxygen atoms in total. The molecule has 4 aliphatic carbocycles. The van der Waals surface area contributed by atoms with E-state index >= 15 is 0 Å². The Morgan fingerprint density at radius 2 is 1.68 bits per heavy atom. The van der Waals surface area contributed by atoms with Crippen molar-refractivity contribution in [2.75, 3.05) is 0 Å². The minimum atomic E-state index is 0.0522. The Balaban J connectivity index is 1.31. The molecule has 0 heterocycles. The fourth-order valence-corrected chi connectivity index (χ4v) is 10.0. The van der Waals surface area contributed by atoms with Crippen molar-refractivity contribution in [2.45, 2.75) is 163 Å². The molecule has 0 aromatic rings. The summed E-state index contributed by atoms with van der Waals surface area (Å²) in [5, 5.41) is 0. The van der Waals surface area contributed by atoms with Gasteiger partial charge in [0.2, 0.25) is 0 Å². The number of rotatable bonds is 13. The van der Waals surface area contributed by atoms with Gasteiger partial charge in [0.05, 0.1) is 0 Å². The summed E-state index contributed by atoms with van der Waals surface area (Å²) in [6.07, 6.45) is 25.3. The van der Waals surface area contributed by atoms with Crippen LogP contribution in [0.3, 0.4) is 0 Å². The Morgan fingerprint density at radius 3 is 2.45 bits per heavy atom. The van der Waals surface area contributed by atoms with E-state index in [0.29, 0.717) is 17.3 Å². The van der Waals surface area contributed by atoms with Gasteiger partial charge in [0.25, 0.3) is 0 Å². The van der Waals surface area contributed by atoms with Crippen LogP contribution < -0.4 is 0 Å². The molecule has 218 valence electrons. The van der Waals surface area contributed by atoms with Gasteiger partial charge in [0.1, 0.15) is 6.10 Å². The number of fused-ring (bicyclic) bond motifs is 5. The van der Waals surface area contributed by atoms with Crippen LogP contribution in [0.15, 0.2) is 11.6 Å². The first-order valence-electron chi connectivity index (χ1n) is 17.1. The van der Waals surface area contributed by atoms with Crippen LogP contribution in [0.1, 0.15) is 157 Å². The van der Waals surface area contributed by atoms with E-state index in [2.05, 4.69) is 47.6 Å². The van der Waals surface area contributed by atoms with Crippen molar-refractivity contribution in [1.29, 1.82) is 0 Å². The first kappa shape index (κ1) is 30.2. The summed E-state index contributed by atoms with van der Waals surface area (Å²) >= 11 is 0. The Labute approximate surface area is 236 Å². The van der Waals surface area contributed by atoms with E-state index in [4.69, 9.17) is 4.74 Å². The molecule has 1 unspecified atom stereocenters. The van der Waals surface area contributed by atoms with Crippen molar-refractivity contribution in [3.05, 3.63) is 11.6 Å². The van der Waals surface area contributed by atoms with Gasteiger partial charge in [-0.25, -0.2) is 0 Å². The van der Waals surface area contributed by atoms with E-state index in [9.17, 15) is 4.79 Å². The smallest absolute Gasteiger partial charge is 0.306 e. The SMILES string of the molecule is CCCCCCCCC(=O)OC1CC[C@@]2(C)C(=CC[C@H]3[C@@H]4CC[C@H]([C@H](C)CCCC(C)C)[C@@]4(C)CC[C@@H]32)C1. The minimum absolute atomic E-state index is 0.0522. The number of hydrogen-bond donors (Lipinski definition) is 0. The highest BCUT2D eigenvalue weighted by molar-refractivity contribution is 5.69. The second kappa shape index (κ2) is 13.2. The normalized spacial score (nSPS) is 37.2. The van der Waals surface area contributed by atoms with Gasteiger partial charge in [-0.1, -0.05) is 105 Å². The number of hydrogen-bond acceptors (Lipinski definition) is 2. The zero-order valence-corrected chi connectivity index (χ0v) is 26.2. The highest BCUT2D eigenvalue weighted by Crippen LogP contribution is 2.67. The molecule has 4 rings (SSSR count). The third kappa shape index (κ3) is 6.57. The molecule has 0 N–H and O–H groups in total. The maximum absolute atomic E-state index is 12.6. The molecule has 2 heteroatoms. The Bertz CT molecular complexity index is 797. The largest absolute Gasteiger partial charge is 0.462 e. The summed E-state index contributed by atoms with van der Waals surface area (Å²) in [5.41, 5.74) is 2.54. The Morgan fingerprint density at radius 1 is 0.921 bits per heavy atom. The second-order valence-corrected chi connectivity index (χ2v) is 15.2.